The van der Waals surface area contributed by atoms with Crippen molar-refractivity contribution >= 4 is 22.4 Å². The third kappa shape index (κ3) is 5.05. The normalized spacial score (nSPS) is 10.8. The average molecular weight is 568 g/mol. The maximum atomic E-state index is 14.4. The van der Waals surface area contributed by atoms with Crippen molar-refractivity contribution in [3.05, 3.63) is 101 Å². The smallest absolute Gasteiger partial charge is 0.355 e. The van der Waals surface area contributed by atoms with Gasteiger partial charge in [0.25, 0.3) is 5.56 Å². The Hall–Kier alpha value is -5.51. The highest BCUT2D eigenvalue weighted by Gasteiger charge is 2.28. The molecule has 0 radical (unpaired) electrons. The van der Waals surface area contributed by atoms with Crippen molar-refractivity contribution in [2.75, 3.05) is 34.2 Å². The van der Waals surface area contributed by atoms with Crippen LogP contribution in [0.3, 0.4) is 0 Å². The number of aromatic nitrogens is 2. The maximum Gasteiger partial charge on any atom is 0.355 e. The van der Waals surface area contributed by atoms with Gasteiger partial charge in [-0.2, -0.15) is 0 Å². The molecule has 0 amide bonds. The van der Waals surface area contributed by atoms with Gasteiger partial charge < -0.3 is 29.4 Å². The molecule has 10 nitrogen and oxygen atoms in total. The molecule has 0 bridgehead atoms. The van der Waals surface area contributed by atoms with Gasteiger partial charge in [0.15, 0.2) is 11.5 Å². The first-order chi connectivity index (χ1) is 20.4. The van der Waals surface area contributed by atoms with Crippen LogP contribution in [0.15, 0.2) is 83.9 Å². The predicted molar refractivity (Wildman–Crippen MR) is 159 cm³/mol. The van der Waals surface area contributed by atoms with Crippen LogP contribution in [-0.2, 0) is 11.3 Å². The van der Waals surface area contributed by atoms with Crippen molar-refractivity contribution < 1.29 is 28.5 Å². The van der Waals surface area contributed by atoms with Gasteiger partial charge in [0.05, 0.1) is 33.8 Å². The number of carbonyl (C=O) groups is 1. The number of methoxy groups -OCH3 is 4. The van der Waals surface area contributed by atoms with Crippen molar-refractivity contribution in [3.63, 3.8) is 0 Å². The predicted octanol–water partition coefficient (Wildman–Crippen LogP) is 5.03. The first-order valence-corrected chi connectivity index (χ1v) is 12.9. The van der Waals surface area contributed by atoms with Crippen LogP contribution in [0.4, 0.5) is 5.69 Å². The molecule has 0 aliphatic rings. The van der Waals surface area contributed by atoms with Gasteiger partial charge in [-0.3, -0.25) is 14.3 Å². The zero-order chi connectivity index (χ0) is 29.8. The first kappa shape index (κ1) is 28.0. The molecule has 0 atom stereocenters. The van der Waals surface area contributed by atoms with Crippen LogP contribution in [0, 0.1) is 0 Å². The van der Waals surface area contributed by atoms with Gasteiger partial charge in [-0.25, -0.2) is 4.79 Å². The van der Waals surface area contributed by atoms with Crippen molar-refractivity contribution in [2.45, 2.75) is 6.61 Å². The third-order valence-electron chi connectivity index (χ3n) is 6.77. The summed E-state index contributed by atoms with van der Waals surface area (Å²) in [5, 5.41) is 0.722. The van der Waals surface area contributed by atoms with Crippen LogP contribution in [0.25, 0.3) is 27.6 Å². The summed E-state index contributed by atoms with van der Waals surface area (Å²) in [6, 6.07) is 19.0. The molecule has 214 valence electrons. The molecule has 0 unspecified atom stereocenters. The number of nitrogens with two attached hydrogens (primary N) is 1. The summed E-state index contributed by atoms with van der Waals surface area (Å²) >= 11 is 0. The number of anilines is 1. The second-order valence-electron chi connectivity index (χ2n) is 9.19. The largest absolute Gasteiger partial charge is 0.493 e. The van der Waals surface area contributed by atoms with Crippen LogP contribution in [-0.4, -0.2) is 44.0 Å². The van der Waals surface area contributed by atoms with Crippen molar-refractivity contribution in [2.24, 2.45) is 0 Å². The Morgan fingerprint density at radius 1 is 0.881 bits per heavy atom. The van der Waals surface area contributed by atoms with Crippen LogP contribution in [0.2, 0.25) is 0 Å². The quantitative estimate of drug-likeness (QED) is 0.193. The van der Waals surface area contributed by atoms with E-state index >= 15 is 0 Å². The Morgan fingerprint density at radius 3 is 2.19 bits per heavy atom. The Labute approximate surface area is 241 Å². The summed E-state index contributed by atoms with van der Waals surface area (Å²) in [7, 11) is 5.76. The lowest BCUT2D eigenvalue weighted by molar-refractivity contribution is 0.0591. The number of nitrogen functional groups attached to an aromatic ring is 1. The Bertz CT molecular complexity index is 1790. The van der Waals surface area contributed by atoms with Gasteiger partial charge in [0.1, 0.15) is 18.1 Å². The van der Waals surface area contributed by atoms with E-state index in [4.69, 9.17) is 29.4 Å². The molecule has 0 saturated heterocycles. The van der Waals surface area contributed by atoms with Crippen molar-refractivity contribution in [3.8, 4) is 39.8 Å². The molecule has 0 fully saturated rings. The highest BCUT2D eigenvalue weighted by molar-refractivity contribution is 6.09. The molecule has 0 aliphatic heterocycles. The minimum absolute atomic E-state index is 0.00143. The van der Waals surface area contributed by atoms with E-state index in [1.165, 1.54) is 33.0 Å². The van der Waals surface area contributed by atoms with Crippen molar-refractivity contribution in [1.82, 2.24) is 9.55 Å². The topological polar surface area (TPSA) is 124 Å². The van der Waals surface area contributed by atoms with Gasteiger partial charge in [-0.05, 0) is 54.1 Å². The molecule has 2 aromatic heterocycles. The molecule has 0 spiro atoms. The van der Waals surface area contributed by atoms with E-state index in [0.29, 0.717) is 50.9 Å². The average Bonchev–Trinajstić information content (AvgIpc) is 3.03. The van der Waals surface area contributed by atoms with Gasteiger partial charge >= 0.3 is 5.97 Å². The highest BCUT2D eigenvalue weighted by atomic mass is 16.5. The fraction of sp³-hybridized carbons (Fsp3) is 0.156. The molecule has 5 rings (SSSR count). The fourth-order valence-electron chi connectivity index (χ4n) is 4.86. The number of pyridine rings is 2. The molecule has 2 N–H and O–H groups in total. The molecular formula is C32H29N3O7. The zero-order valence-corrected chi connectivity index (χ0v) is 23.5. The molecule has 0 saturated carbocycles. The van der Waals surface area contributed by atoms with E-state index < -0.39 is 11.5 Å². The number of nitrogens with zero attached hydrogens (tertiary/aromatic N) is 2. The molecule has 10 heteroatoms. The molecule has 5 aromatic rings. The summed E-state index contributed by atoms with van der Waals surface area (Å²) in [6.07, 6.45) is 3.36. The van der Waals surface area contributed by atoms with E-state index in [-0.39, 0.29) is 17.7 Å². The molecular weight excluding hydrogens is 538 g/mol. The third-order valence-corrected chi connectivity index (χ3v) is 6.77. The summed E-state index contributed by atoms with van der Waals surface area (Å²) in [6.45, 7) is 0.173. The number of fused-ring (bicyclic) bond motifs is 1. The van der Waals surface area contributed by atoms with Crippen LogP contribution in [0.5, 0.6) is 23.0 Å². The summed E-state index contributed by atoms with van der Waals surface area (Å²) in [5.74, 6) is 0.710. The van der Waals surface area contributed by atoms with Crippen LogP contribution in [0.1, 0.15) is 16.1 Å². The number of ether oxygens (including phenoxy) is 5. The van der Waals surface area contributed by atoms with E-state index in [1.807, 2.05) is 6.07 Å². The number of hydrogen-bond acceptors (Lipinski definition) is 9. The second-order valence-corrected chi connectivity index (χ2v) is 9.19. The Balaban J connectivity index is 1.91. The van der Waals surface area contributed by atoms with Crippen LogP contribution >= 0.6 is 0 Å². The number of benzene rings is 3. The van der Waals surface area contributed by atoms with Gasteiger partial charge in [0, 0.05) is 40.3 Å². The number of esters is 1. The van der Waals surface area contributed by atoms with E-state index in [9.17, 15) is 9.59 Å². The lowest BCUT2D eigenvalue weighted by Crippen LogP contribution is -2.27. The summed E-state index contributed by atoms with van der Waals surface area (Å²) < 4.78 is 29.5. The minimum Gasteiger partial charge on any atom is -0.493 e. The second kappa shape index (κ2) is 11.9. The monoisotopic (exact) mass is 567 g/mol. The number of hydrogen-bond donors (Lipinski definition) is 1. The zero-order valence-electron chi connectivity index (χ0n) is 23.5. The summed E-state index contributed by atoms with van der Waals surface area (Å²) in [4.78, 5) is 32.1. The lowest BCUT2D eigenvalue weighted by Gasteiger charge is -2.21. The Kier molecular flexibility index (Phi) is 7.96. The maximum absolute atomic E-state index is 14.4. The molecule has 0 aliphatic carbocycles. The first-order valence-electron chi connectivity index (χ1n) is 12.9. The van der Waals surface area contributed by atoms with E-state index in [1.54, 1.807) is 73.1 Å². The number of rotatable bonds is 9. The number of carbonyl (C=O) groups excluding carboxylic acids is 1. The Morgan fingerprint density at radius 2 is 1.60 bits per heavy atom. The van der Waals surface area contributed by atoms with Crippen LogP contribution < -0.4 is 30.2 Å². The van der Waals surface area contributed by atoms with Gasteiger partial charge in [-0.15, -0.1) is 0 Å². The lowest BCUT2D eigenvalue weighted by atomic mass is 9.95. The van der Waals surface area contributed by atoms with E-state index in [0.717, 1.165) is 5.56 Å². The van der Waals surface area contributed by atoms with Crippen molar-refractivity contribution in [1.29, 1.82) is 0 Å². The molecule has 2 heterocycles. The van der Waals surface area contributed by atoms with Gasteiger partial charge in [0.2, 0.25) is 5.75 Å². The molecule has 3 aromatic carbocycles. The highest BCUT2D eigenvalue weighted by Crippen LogP contribution is 2.44. The standard InChI is InChI=1S/C32H29N3O7/c1-38-25-15-20(16-26(39-2)30(25)40-3)27-23-8-5-9-24(42-18-19-7-6-14-34-17-19)28(23)31(36)35(29(27)32(37)41-4)22-12-10-21(33)11-13-22/h5-17H,18,33H2,1-4H3. The molecule has 42 heavy (non-hydrogen) atoms. The minimum atomic E-state index is -0.726. The SMILES string of the molecule is COC(=O)c1c(-c2cc(OC)c(OC)c(OC)c2)c2cccc(OCc3cccnc3)c2c(=O)n1-c1ccc(N)cc1. The van der Waals surface area contributed by atoms with Gasteiger partial charge in [-0.1, -0.05) is 18.2 Å². The summed E-state index contributed by atoms with van der Waals surface area (Å²) in [5.41, 5.74) is 8.11. The fourth-order valence-corrected chi connectivity index (χ4v) is 4.86. The van der Waals surface area contributed by atoms with E-state index in [2.05, 4.69) is 4.98 Å².